The van der Waals surface area contributed by atoms with Crippen LogP contribution in [0, 0.1) is 12.8 Å². The van der Waals surface area contributed by atoms with Crippen molar-refractivity contribution in [3.63, 3.8) is 0 Å². The number of rotatable bonds is 7. The Morgan fingerprint density at radius 1 is 1.41 bits per heavy atom. The lowest BCUT2D eigenvalue weighted by Gasteiger charge is -2.15. The number of ketones is 1. The van der Waals surface area contributed by atoms with E-state index >= 15 is 0 Å². The molecule has 4 nitrogen and oxygen atoms in total. The molecule has 22 heavy (non-hydrogen) atoms. The van der Waals surface area contributed by atoms with Gasteiger partial charge >= 0.3 is 0 Å². The Hall–Kier alpha value is -1.49. The predicted octanol–water partition coefficient (Wildman–Crippen LogP) is 4.19. The maximum atomic E-state index is 12.7. The van der Waals surface area contributed by atoms with Crippen LogP contribution in [0.2, 0.25) is 0 Å². The van der Waals surface area contributed by atoms with Crippen LogP contribution in [0.4, 0.5) is 0 Å². The number of aromatic nitrogens is 2. The van der Waals surface area contributed by atoms with Crippen molar-refractivity contribution in [2.45, 2.75) is 59.9 Å². The maximum absolute atomic E-state index is 12.7. The highest BCUT2D eigenvalue weighted by Gasteiger charge is 2.18. The molecule has 0 aliphatic rings. The predicted molar refractivity (Wildman–Crippen MR) is 91.9 cm³/mol. The molecule has 0 bridgehead atoms. The lowest BCUT2D eigenvalue weighted by Crippen LogP contribution is -2.24. The highest BCUT2D eigenvalue weighted by Crippen LogP contribution is 2.27. The maximum Gasteiger partial charge on any atom is 0.262 e. The Bertz CT molecular complexity index is 730. The fraction of sp³-hybridized carbons (Fsp3) is 0.588. The first-order valence-electron chi connectivity index (χ1n) is 7.99. The molecule has 2 rings (SSSR count). The Morgan fingerprint density at radius 2 is 2.14 bits per heavy atom. The van der Waals surface area contributed by atoms with Crippen LogP contribution in [0.25, 0.3) is 10.2 Å². The number of thiophene rings is 1. The van der Waals surface area contributed by atoms with Crippen molar-refractivity contribution in [1.29, 1.82) is 0 Å². The lowest BCUT2D eigenvalue weighted by molar-refractivity contribution is 0.102. The molecule has 0 saturated heterocycles. The Morgan fingerprint density at radius 3 is 2.73 bits per heavy atom. The molecule has 1 unspecified atom stereocenters. The molecule has 1 atom stereocenters. The first-order chi connectivity index (χ1) is 10.5. The largest absolute Gasteiger partial charge is 0.298 e. The molecule has 120 valence electrons. The molecule has 2 heterocycles. The van der Waals surface area contributed by atoms with Crippen LogP contribution in [0.3, 0.4) is 0 Å². The first-order valence-corrected chi connectivity index (χ1v) is 8.80. The SMILES string of the molecule is CCCCC(CC)Cn1cnc2sc(C(C)=O)c(C)c2c1=O. The van der Waals surface area contributed by atoms with Gasteiger partial charge in [-0.2, -0.15) is 0 Å². The molecular formula is C17H24N2O2S. The molecular weight excluding hydrogens is 296 g/mol. The highest BCUT2D eigenvalue weighted by molar-refractivity contribution is 7.20. The van der Waals surface area contributed by atoms with Crippen LogP contribution >= 0.6 is 11.3 Å². The Kier molecular flexibility index (Phi) is 5.51. The number of fused-ring (bicyclic) bond motifs is 1. The van der Waals surface area contributed by atoms with E-state index in [4.69, 9.17) is 0 Å². The van der Waals surface area contributed by atoms with Crippen molar-refractivity contribution >= 4 is 27.3 Å². The molecule has 0 aromatic carbocycles. The summed E-state index contributed by atoms with van der Waals surface area (Å²) in [5, 5.41) is 0.614. The van der Waals surface area contributed by atoms with Crippen LogP contribution in [-0.2, 0) is 6.54 Å². The van der Waals surface area contributed by atoms with Gasteiger partial charge in [0.25, 0.3) is 5.56 Å². The van der Waals surface area contributed by atoms with Crippen LogP contribution < -0.4 is 5.56 Å². The quantitative estimate of drug-likeness (QED) is 0.719. The first kappa shape index (κ1) is 16.9. The summed E-state index contributed by atoms with van der Waals surface area (Å²) in [6.45, 7) is 8.44. The molecule has 2 aromatic rings. The zero-order chi connectivity index (χ0) is 16.3. The van der Waals surface area contributed by atoms with Gasteiger partial charge in [0.15, 0.2) is 5.78 Å². The monoisotopic (exact) mass is 320 g/mol. The molecule has 0 aliphatic heterocycles. The average molecular weight is 320 g/mol. The van der Waals surface area contributed by atoms with Gasteiger partial charge in [0.05, 0.1) is 16.6 Å². The summed E-state index contributed by atoms with van der Waals surface area (Å²) >= 11 is 1.32. The summed E-state index contributed by atoms with van der Waals surface area (Å²) in [4.78, 5) is 30.1. The van der Waals surface area contributed by atoms with Crippen LogP contribution in [-0.4, -0.2) is 15.3 Å². The van der Waals surface area contributed by atoms with Crippen molar-refractivity contribution in [1.82, 2.24) is 9.55 Å². The molecule has 0 aliphatic carbocycles. The summed E-state index contributed by atoms with van der Waals surface area (Å²) < 4.78 is 1.72. The van der Waals surface area contributed by atoms with Gasteiger partial charge in [-0.25, -0.2) is 4.98 Å². The number of nitrogens with zero attached hydrogens (tertiary/aromatic N) is 2. The van der Waals surface area contributed by atoms with Crippen LogP contribution in [0.15, 0.2) is 11.1 Å². The second-order valence-corrected chi connectivity index (χ2v) is 6.91. The Labute approximate surface area is 135 Å². The van der Waals surface area contributed by atoms with Crippen molar-refractivity contribution in [3.8, 4) is 0 Å². The number of carbonyl (C=O) groups is 1. The van der Waals surface area contributed by atoms with Crippen LogP contribution in [0.1, 0.15) is 61.7 Å². The van der Waals surface area contributed by atoms with Gasteiger partial charge in [-0.15, -0.1) is 11.3 Å². The van der Waals surface area contributed by atoms with Crippen LogP contribution in [0.5, 0.6) is 0 Å². The topological polar surface area (TPSA) is 52.0 Å². The third kappa shape index (κ3) is 3.29. The van der Waals surface area contributed by atoms with Gasteiger partial charge in [-0.05, 0) is 31.7 Å². The van der Waals surface area contributed by atoms with E-state index in [9.17, 15) is 9.59 Å². The summed E-state index contributed by atoms with van der Waals surface area (Å²) in [6.07, 6.45) is 6.20. The second kappa shape index (κ2) is 7.18. The van der Waals surface area contributed by atoms with Gasteiger partial charge in [-0.1, -0.05) is 33.1 Å². The average Bonchev–Trinajstić information content (AvgIpc) is 2.83. The van der Waals surface area contributed by atoms with Gasteiger partial charge in [0.2, 0.25) is 0 Å². The van der Waals surface area contributed by atoms with Gasteiger partial charge in [0, 0.05) is 6.54 Å². The second-order valence-electron chi connectivity index (χ2n) is 5.91. The summed E-state index contributed by atoms with van der Waals surface area (Å²) in [5.74, 6) is 0.504. The lowest BCUT2D eigenvalue weighted by atomic mass is 9.99. The van der Waals surface area contributed by atoms with Gasteiger partial charge < -0.3 is 0 Å². The fourth-order valence-corrected chi connectivity index (χ4v) is 3.86. The van der Waals surface area contributed by atoms with Crippen molar-refractivity contribution in [3.05, 3.63) is 27.1 Å². The smallest absolute Gasteiger partial charge is 0.262 e. The summed E-state index contributed by atoms with van der Waals surface area (Å²) in [6, 6.07) is 0. The van der Waals surface area contributed by atoms with E-state index in [1.165, 1.54) is 31.1 Å². The number of carbonyl (C=O) groups excluding carboxylic acids is 1. The molecule has 0 saturated carbocycles. The zero-order valence-corrected chi connectivity index (χ0v) is 14.6. The molecule has 2 aromatic heterocycles. The number of hydrogen-bond donors (Lipinski definition) is 0. The van der Waals surface area contributed by atoms with E-state index < -0.39 is 0 Å². The van der Waals surface area contributed by atoms with Gasteiger partial charge in [-0.3, -0.25) is 14.2 Å². The zero-order valence-electron chi connectivity index (χ0n) is 13.8. The van der Waals surface area contributed by atoms with E-state index in [0.29, 0.717) is 27.6 Å². The van der Waals surface area contributed by atoms with E-state index in [-0.39, 0.29) is 11.3 Å². The van der Waals surface area contributed by atoms with Crippen molar-refractivity contribution < 1.29 is 4.79 Å². The summed E-state index contributed by atoms with van der Waals surface area (Å²) in [5.41, 5.74) is 0.766. The minimum atomic E-state index is -0.0128. The molecule has 5 heteroatoms. The number of hydrogen-bond acceptors (Lipinski definition) is 4. The van der Waals surface area contributed by atoms with Gasteiger partial charge in [0.1, 0.15) is 4.83 Å². The molecule has 0 radical (unpaired) electrons. The molecule has 0 spiro atoms. The highest BCUT2D eigenvalue weighted by atomic mass is 32.1. The third-order valence-corrected chi connectivity index (χ3v) is 5.54. The standard InChI is InChI=1S/C17H24N2O2S/c1-5-7-8-13(6-2)9-19-10-18-16-14(17(19)21)11(3)15(22-16)12(4)20/h10,13H,5-9H2,1-4H3. The minimum Gasteiger partial charge on any atom is -0.298 e. The molecule has 0 amide bonds. The van der Waals surface area contributed by atoms with Crippen molar-refractivity contribution in [2.75, 3.05) is 0 Å². The third-order valence-electron chi connectivity index (χ3n) is 4.24. The van der Waals surface area contributed by atoms with Crippen molar-refractivity contribution in [2.24, 2.45) is 5.92 Å². The fourth-order valence-electron chi connectivity index (χ4n) is 2.82. The normalized spacial score (nSPS) is 12.7. The van der Waals surface area contributed by atoms with E-state index in [1.807, 2.05) is 6.92 Å². The number of unbranched alkanes of at least 4 members (excludes halogenated alkanes) is 1. The minimum absolute atomic E-state index is 0.000769. The molecule has 0 fully saturated rings. The van der Waals surface area contributed by atoms with E-state index in [0.717, 1.165) is 18.4 Å². The van der Waals surface area contributed by atoms with E-state index in [2.05, 4.69) is 18.8 Å². The Balaban J connectivity index is 2.40. The summed E-state index contributed by atoms with van der Waals surface area (Å²) in [7, 11) is 0. The number of aryl methyl sites for hydroxylation is 1. The van der Waals surface area contributed by atoms with E-state index in [1.54, 1.807) is 10.9 Å². The molecule has 0 N–H and O–H groups in total. The number of Topliss-reactive ketones (excluding diaryl/α,β-unsaturated/α-hetero) is 1.